The van der Waals surface area contributed by atoms with Gasteiger partial charge in [0.05, 0.1) is 18.2 Å². The van der Waals surface area contributed by atoms with Crippen LogP contribution in [0.2, 0.25) is 0 Å². The Morgan fingerprint density at radius 2 is 1.88 bits per heavy atom. The number of nitrogens with one attached hydrogen (secondary N) is 1. The number of aliphatic hydroxyl groups is 2. The summed E-state index contributed by atoms with van der Waals surface area (Å²) in [5.41, 5.74) is -1.74. The van der Waals surface area contributed by atoms with E-state index in [0.717, 1.165) is 0 Å². The summed E-state index contributed by atoms with van der Waals surface area (Å²) in [7, 11) is 0. The molecule has 5 heteroatoms. The number of aliphatic hydroxyl groups excluding tert-OH is 1. The second-order valence-electron chi connectivity index (χ2n) is 5.09. The van der Waals surface area contributed by atoms with Crippen molar-refractivity contribution < 1.29 is 19.7 Å². The summed E-state index contributed by atoms with van der Waals surface area (Å²) in [6.45, 7) is 8.25. The van der Waals surface area contributed by atoms with Crippen molar-refractivity contribution in [3.05, 3.63) is 0 Å². The highest BCUT2D eigenvalue weighted by Gasteiger charge is 2.32. The fourth-order valence-corrected chi connectivity index (χ4v) is 1.09. The minimum absolute atomic E-state index is 0.333. The lowest BCUT2D eigenvalue weighted by molar-refractivity contribution is -0.0130. The average Bonchev–Trinajstić information content (AvgIpc) is 2.11. The number of rotatable bonds is 4. The first-order valence-electron chi connectivity index (χ1n) is 5.45. The Bertz CT molecular complexity index is 233. The first-order chi connectivity index (χ1) is 7.12. The van der Waals surface area contributed by atoms with E-state index < -0.39 is 23.3 Å². The number of ether oxygens (including phenoxy) is 1. The van der Waals surface area contributed by atoms with Crippen LogP contribution < -0.4 is 5.32 Å². The standard InChI is InChI=1S/C11H23NO4/c1-6-11(5,15)8(7-13)12-9(14)16-10(2,3)4/h8,13,15H,6-7H2,1-5H3,(H,12,14). The number of carbonyl (C=O) groups is 1. The lowest BCUT2D eigenvalue weighted by Crippen LogP contribution is -2.53. The lowest BCUT2D eigenvalue weighted by atomic mass is 9.94. The van der Waals surface area contributed by atoms with E-state index >= 15 is 0 Å². The van der Waals surface area contributed by atoms with Crippen molar-refractivity contribution in [3.8, 4) is 0 Å². The third-order valence-corrected chi connectivity index (χ3v) is 2.34. The van der Waals surface area contributed by atoms with Crippen LogP contribution in [0.15, 0.2) is 0 Å². The summed E-state index contributed by atoms with van der Waals surface area (Å²) in [5.74, 6) is 0. The highest BCUT2D eigenvalue weighted by molar-refractivity contribution is 5.68. The molecule has 0 fully saturated rings. The van der Waals surface area contributed by atoms with Crippen molar-refractivity contribution in [1.82, 2.24) is 5.32 Å². The Balaban J connectivity index is 4.40. The monoisotopic (exact) mass is 233 g/mol. The SMILES string of the molecule is CCC(C)(O)C(CO)NC(=O)OC(C)(C)C. The quantitative estimate of drug-likeness (QED) is 0.677. The summed E-state index contributed by atoms with van der Waals surface area (Å²) in [6, 6.07) is -0.729. The maximum Gasteiger partial charge on any atom is 0.408 e. The summed E-state index contributed by atoms with van der Waals surface area (Å²) >= 11 is 0. The molecule has 2 unspecified atom stereocenters. The molecule has 0 spiro atoms. The third-order valence-electron chi connectivity index (χ3n) is 2.34. The molecule has 0 saturated carbocycles. The van der Waals surface area contributed by atoms with E-state index in [4.69, 9.17) is 9.84 Å². The molecular weight excluding hydrogens is 210 g/mol. The molecule has 96 valence electrons. The lowest BCUT2D eigenvalue weighted by Gasteiger charge is -2.32. The molecule has 0 aliphatic heterocycles. The largest absolute Gasteiger partial charge is 0.444 e. The van der Waals surface area contributed by atoms with Crippen molar-refractivity contribution in [1.29, 1.82) is 0 Å². The molecule has 3 N–H and O–H groups in total. The molecule has 16 heavy (non-hydrogen) atoms. The Labute approximate surface area is 96.8 Å². The molecule has 0 aromatic heterocycles. The fourth-order valence-electron chi connectivity index (χ4n) is 1.09. The molecule has 0 aromatic rings. The van der Waals surface area contributed by atoms with Crippen LogP contribution in [0, 0.1) is 0 Å². The van der Waals surface area contributed by atoms with E-state index in [1.165, 1.54) is 0 Å². The molecule has 0 heterocycles. The number of amides is 1. The van der Waals surface area contributed by atoms with Gasteiger partial charge in [0, 0.05) is 0 Å². The van der Waals surface area contributed by atoms with E-state index in [2.05, 4.69) is 5.32 Å². The molecule has 0 aliphatic carbocycles. The van der Waals surface area contributed by atoms with Gasteiger partial charge in [0.1, 0.15) is 5.60 Å². The van der Waals surface area contributed by atoms with Gasteiger partial charge in [-0.15, -0.1) is 0 Å². The first kappa shape index (κ1) is 15.2. The van der Waals surface area contributed by atoms with Gasteiger partial charge in [0.25, 0.3) is 0 Å². The van der Waals surface area contributed by atoms with Gasteiger partial charge in [0.2, 0.25) is 0 Å². The van der Waals surface area contributed by atoms with E-state index in [1.54, 1.807) is 34.6 Å². The van der Waals surface area contributed by atoms with Gasteiger partial charge in [-0.05, 0) is 34.1 Å². The Kier molecular flexibility index (Phi) is 5.22. The highest BCUT2D eigenvalue weighted by atomic mass is 16.6. The number of hydrogen-bond donors (Lipinski definition) is 3. The van der Waals surface area contributed by atoms with Crippen LogP contribution in [0.4, 0.5) is 4.79 Å². The second-order valence-corrected chi connectivity index (χ2v) is 5.09. The summed E-state index contributed by atoms with van der Waals surface area (Å²) in [5, 5.41) is 21.5. The predicted octanol–water partition coefficient (Wildman–Crippen LogP) is 1.03. The number of hydrogen-bond acceptors (Lipinski definition) is 4. The minimum atomic E-state index is -1.15. The van der Waals surface area contributed by atoms with E-state index in [-0.39, 0.29) is 6.61 Å². The van der Waals surface area contributed by atoms with Gasteiger partial charge in [-0.1, -0.05) is 6.92 Å². The van der Waals surface area contributed by atoms with E-state index in [9.17, 15) is 9.90 Å². The Morgan fingerprint density at radius 1 is 1.38 bits per heavy atom. The van der Waals surface area contributed by atoms with Crippen LogP contribution in [0.1, 0.15) is 41.0 Å². The number of carbonyl (C=O) groups excluding carboxylic acids is 1. The van der Waals surface area contributed by atoms with Gasteiger partial charge in [-0.3, -0.25) is 0 Å². The smallest absolute Gasteiger partial charge is 0.408 e. The maximum absolute atomic E-state index is 11.4. The summed E-state index contributed by atoms with van der Waals surface area (Å²) in [4.78, 5) is 11.4. The minimum Gasteiger partial charge on any atom is -0.444 e. The van der Waals surface area contributed by atoms with Crippen molar-refractivity contribution in [2.24, 2.45) is 0 Å². The van der Waals surface area contributed by atoms with Crippen LogP contribution >= 0.6 is 0 Å². The van der Waals surface area contributed by atoms with Crippen molar-refractivity contribution >= 4 is 6.09 Å². The molecule has 0 bridgehead atoms. The zero-order valence-corrected chi connectivity index (χ0v) is 10.7. The first-order valence-corrected chi connectivity index (χ1v) is 5.45. The van der Waals surface area contributed by atoms with Gasteiger partial charge in [-0.25, -0.2) is 4.79 Å². The topological polar surface area (TPSA) is 78.8 Å². The van der Waals surface area contributed by atoms with Gasteiger partial charge >= 0.3 is 6.09 Å². The van der Waals surface area contributed by atoms with Crippen molar-refractivity contribution in [2.45, 2.75) is 58.3 Å². The predicted molar refractivity (Wildman–Crippen MR) is 61.2 cm³/mol. The van der Waals surface area contributed by atoms with Crippen LogP contribution in [0.3, 0.4) is 0 Å². The zero-order chi connectivity index (χ0) is 13.0. The Hall–Kier alpha value is -0.810. The summed E-state index contributed by atoms with van der Waals surface area (Å²) in [6.07, 6.45) is -0.214. The average molecular weight is 233 g/mol. The fraction of sp³-hybridized carbons (Fsp3) is 0.909. The second kappa shape index (κ2) is 5.50. The molecule has 0 rings (SSSR count). The van der Waals surface area contributed by atoms with Gasteiger partial charge in [0.15, 0.2) is 0 Å². The third kappa shape index (κ3) is 5.32. The van der Waals surface area contributed by atoms with Crippen molar-refractivity contribution in [2.75, 3.05) is 6.61 Å². The van der Waals surface area contributed by atoms with Gasteiger partial charge < -0.3 is 20.3 Å². The van der Waals surface area contributed by atoms with Crippen LogP contribution in [-0.2, 0) is 4.74 Å². The Morgan fingerprint density at radius 3 is 2.19 bits per heavy atom. The van der Waals surface area contributed by atoms with Crippen LogP contribution in [0.5, 0.6) is 0 Å². The highest BCUT2D eigenvalue weighted by Crippen LogP contribution is 2.15. The van der Waals surface area contributed by atoms with Crippen LogP contribution in [-0.4, -0.2) is 40.2 Å². The normalized spacial score (nSPS) is 17.4. The molecule has 2 atom stereocenters. The zero-order valence-electron chi connectivity index (χ0n) is 10.7. The van der Waals surface area contributed by atoms with E-state index in [1.807, 2.05) is 0 Å². The van der Waals surface area contributed by atoms with Gasteiger partial charge in [-0.2, -0.15) is 0 Å². The van der Waals surface area contributed by atoms with Crippen molar-refractivity contribution in [3.63, 3.8) is 0 Å². The molecule has 1 amide bonds. The molecule has 5 nitrogen and oxygen atoms in total. The molecule has 0 radical (unpaired) electrons. The summed E-state index contributed by atoms with van der Waals surface area (Å²) < 4.78 is 5.04. The molecule has 0 aromatic carbocycles. The molecule has 0 aliphatic rings. The van der Waals surface area contributed by atoms with Crippen LogP contribution in [0.25, 0.3) is 0 Å². The maximum atomic E-state index is 11.4. The molecular formula is C11H23NO4. The number of alkyl carbamates (subject to hydrolysis) is 1. The van der Waals surface area contributed by atoms with E-state index in [0.29, 0.717) is 6.42 Å². The molecule has 0 saturated heterocycles.